The maximum atomic E-state index is 12.3. The molecule has 1 N–H and O–H groups in total. The van der Waals surface area contributed by atoms with Gasteiger partial charge in [-0.05, 0) is 49.1 Å². The van der Waals surface area contributed by atoms with Crippen LogP contribution in [-0.4, -0.2) is 14.2 Å². The molecule has 0 aromatic heterocycles. The van der Waals surface area contributed by atoms with E-state index in [0.29, 0.717) is 27.8 Å². The van der Waals surface area contributed by atoms with Crippen LogP contribution in [0.5, 0.6) is 11.5 Å². The molecule has 0 aliphatic rings. The molecule has 0 heterocycles. The smallest absolute Gasteiger partial charge is 0.250 e. The molecule has 27 heavy (non-hydrogen) atoms. The van der Waals surface area contributed by atoms with Crippen LogP contribution in [0.2, 0.25) is 5.02 Å². The van der Waals surface area contributed by atoms with E-state index in [2.05, 4.69) is 5.32 Å². The van der Waals surface area contributed by atoms with Gasteiger partial charge in [0.15, 0.2) is 0 Å². The monoisotopic (exact) mass is 385 g/mol. The van der Waals surface area contributed by atoms with E-state index in [9.17, 15) is 9.59 Å². The number of rotatable bonds is 5. The number of hydrogen-bond acceptors (Lipinski definition) is 5. The summed E-state index contributed by atoms with van der Waals surface area (Å²) in [7, 11) is 3.01. The number of methoxy groups -OCH3 is 2. The van der Waals surface area contributed by atoms with Crippen molar-refractivity contribution in [2.45, 2.75) is 20.8 Å². The summed E-state index contributed by atoms with van der Waals surface area (Å²) in [5, 5.41) is 3.39. The summed E-state index contributed by atoms with van der Waals surface area (Å²) in [4.78, 5) is 24.6. The lowest BCUT2D eigenvalue weighted by Crippen LogP contribution is -2.35. The minimum atomic E-state index is -0.559. The Morgan fingerprint density at radius 3 is 2.07 bits per heavy atom. The molecule has 6 heteroatoms. The molecule has 0 radical (unpaired) electrons. The molecular formula is C21H20ClNO4. The first-order valence-corrected chi connectivity index (χ1v) is 8.76. The highest BCUT2D eigenvalue weighted by molar-refractivity contribution is 6.32. The molecule has 0 fully saturated rings. The number of aryl methyl sites for hydroxylation is 3. The van der Waals surface area contributed by atoms with Gasteiger partial charge in [-0.2, -0.15) is 0 Å². The van der Waals surface area contributed by atoms with Gasteiger partial charge in [0, 0.05) is 6.07 Å². The average molecular weight is 386 g/mol. The maximum Gasteiger partial charge on any atom is 0.250 e. The van der Waals surface area contributed by atoms with E-state index in [-0.39, 0.29) is 5.69 Å². The lowest BCUT2D eigenvalue weighted by molar-refractivity contribution is 0.396. The topological polar surface area (TPSA) is 64.6 Å². The second-order valence-corrected chi connectivity index (χ2v) is 6.88. The van der Waals surface area contributed by atoms with Crippen LogP contribution >= 0.6 is 11.6 Å². The van der Waals surface area contributed by atoms with Crippen LogP contribution in [0.15, 0.2) is 33.9 Å². The average Bonchev–Trinajstić information content (AvgIpc) is 2.65. The highest BCUT2D eigenvalue weighted by Gasteiger charge is 2.25. The second-order valence-electron chi connectivity index (χ2n) is 6.47. The number of halogens is 1. The van der Waals surface area contributed by atoms with E-state index in [1.807, 2.05) is 32.9 Å². The summed E-state index contributed by atoms with van der Waals surface area (Å²) in [5.41, 5.74) is 3.93. The third-order valence-corrected chi connectivity index (χ3v) is 5.05. The van der Waals surface area contributed by atoms with Crippen LogP contribution < -0.4 is 25.6 Å². The fourth-order valence-electron chi connectivity index (χ4n) is 3.09. The molecule has 3 aromatic carbocycles. The van der Waals surface area contributed by atoms with Gasteiger partial charge >= 0.3 is 0 Å². The number of anilines is 2. The molecule has 0 bridgehead atoms. The highest BCUT2D eigenvalue weighted by atomic mass is 35.5. The van der Waals surface area contributed by atoms with Crippen molar-refractivity contribution >= 4 is 23.0 Å². The number of ether oxygens (including phenoxy) is 2. The summed E-state index contributed by atoms with van der Waals surface area (Å²) < 4.78 is 10.5. The zero-order valence-electron chi connectivity index (χ0n) is 15.8. The number of nitrogens with one attached hydrogen (secondary N) is 1. The lowest BCUT2D eigenvalue weighted by Gasteiger charge is -2.18. The van der Waals surface area contributed by atoms with Crippen LogP contribution in [0.4, 0.5) is 11.4 Å². The first-order chi connectivity index (χ1) is 12.8. The summed E-state index contributed by atoms with van der Waals surface area (Å²) in [6.07, 6.45) is 0. The van der Waals surface area contributed by atoms with Crippen molar-refractivity contribution in [3.63, 3.8) is 0 Å². The Morgan fingerprint density at radius 1 is 0.815 bits per heavy atom. The Balaban J connectivity index is 2.11. The van der Waals surface area contributed by atoms with Gasteiger partial charge < -0.3 is 14.8 Å². The summed E-state index contributed by atoms with van der Waals surface area (Å²) >= 11 is 6.20. The largest absolute Gasteiger partial charge is 0.495 e. The molecule has 0 amide bonds. The van der Waals surface area contributed by atoms with E-state index in [4.69, 9.17) is 21.1 Å². The Labute approximate surface area is 162 Å². The van der Waals surface area contributed by atoms with Crippen molar-refractivity contribution in [3.8, 4) is 22.6 Å². The van der Waals surface area contributed by atoms with Gasteiger partial charge in [0.25, 0.3) is 5.43 Å². The summed E-state index contributed by atoms with van der Waals surface area (Å²) in [6, 6.07) is 7.17. The lowest BCUT2D eigenvalue weighted by atomic mass is 9.91. The van der Waals surface area contributed by atoms with Crippen LogP contribution in [0.3, 0.4) is 0 Å². The third kappa shape index (κ3) is 3.19. The fraction of sp³-hybridized carbons (Fsp3) is 0.238. The summed E-state index contributed by atoms with van der Waals surface area (Å²) in [5.74, 6) is 0.904. The fourth-order valence-corrected chi connectivity index (χ4v) is 3.33. The highest BCUT2D eigenvalue weighted by Crippen LogP contribution is 2.39. The van der Waals surface area contributed by atoms with Gasteiger partial charge in [0.1, 0.15) is 17.2 Å². The first kappa shape index (κ1) is 19.0. The molecule has 5 nitrogen and oxygen atoms in total. The van der Waals surface area contributed by atoms with E-state index >= 15 is 0 Å². The molecule has 3 rings (SSSR count). The molecular weight excluding hydrogens is 366 g/mol. The van der Waals surface area contributed by atoms with E-state index in [1.54, 1.807) is 12.1 Å². The molecule has 0 saturated carbocycles. The molecule has 0 aliphatic heterocycles. The second kappa shape index (κ2) is 7.08. The Kier molecular flexibility index (Phi) is 4.98. The SMILES string of the molecule is COc1cc(OC)c(Nc2c(-c3cc(C)c(C)cc3C)c(=O)c2=O)cc1Cl. The molecule has 0 unspecified atom stereocenters. The Morgan fingerprint density at radius 2 is 1.44 bits per heavy atom. The molecule has 0 saturated heterocycles. The predicted octanol–water partition coefficient (Wildman–Crippen LogP) is 4.29. The standard InChI is InChI=1S/C21H20ClNO4/c1-10-6-12(3)13(7-11(10)2)18-19(21(25)20(18)24)23-15-8-14(22)16(26-4)9-17(15)27-5/h6-9,23H,1-5H3. The van der Waals surface area contributed by atoms with Crippen molar-refractivity contribution in [3.05, 3.63) is 66.4 Å². The van der Waals surface area contributed by atoms with Gasteiger partial charge in [-0.25, -0.2) is 0 Å². The van der Waals surface area contributed by atoms with Crippen molar-refractivity contribution < 1.29 is 9.47 Å². The van der Waals surface area contributed by atoms with Crippen molar-refractivity contribution in [2.75, 3.05) is 19.5 Å². The quantitative estimate of drug-likeness (QED) is 0.664. The number of benzene rings is 2. The van der Waals surface area contributed by atoms with Gasteiger partial charge in [0.05, 0.1) is 30.5 Å². The van der Waals surface area contributed by atoms with Crippen LogP contribution in [0.25, 0.3) is 11.1 Å². The van der Waals surface area contributed by atoms with Gasteiger partial charge in [-0.3, -0.25) is 9.59 Å². The van der Waals surface area contributed by atoms with Crippen LogP contribution in [-0.2, 0) is 0 Å². The van der Waals surface area contributed by atoms with E-state index in [0.717, 1.165) is 22.3 Å². The Hall–Kier alpha value is -2.79. The third-order valence-electron chi connectivity index (χ3n) is 4.75. The van der Waals surface area contributed by atoms with Gasteiger partial charge in [-0.15, -0.1) is 0 Å². The van der Waals surface area contributed by atoms with Crippen molar-refractivity contribution in [1.29, 1.82) is 0 Å². The normalized spacial score (nSPS) is 10.9. The van der Waals surface area contributed by atoms with Crippen molar-refractivity contribution in [2.24, 2.45) is 0 Å². The minimum absolute atomic E-state index is 0.242. The van der Waals surface area contributed by atoms with Crippen LogP contribution in [0.1, 0.15) is 16.7 Å². The molecule has 0 aliphatic carbocycles. The van der Waals surface area contributed by atoms with Crippen molar-refractivity contribution in [1.82, 2.24) is 0 Å². The predicted molar refractivity (Wildman–Crippen MR) is 109 cm³/mol. The molecule has 140 valence electrons. The zero-order chi connectivity index (χ0) is 19.9. The minimum Gasteiger partial charge on any atom is -0.495 e. The van der Waals surface area contributed by atoms with Gasteiger partial charge in [-0.1, -0.05) is 23.7 Å². The van der Waals surface area contributed by atoms with E-state index in [1.165, 1.54) is 14.2 Å². The molecule has 3 aromatic rings. The van der Waals surface area contributed by atoms with E-state index < -0.39 is 10.9 Å². The number of hydrogen-bond donors (Lipinski definition) is 1. The molecule has 0 spiro atoms. The first-order valence-electron chi connectivity index (χ1n) is 8.38. The maximum absolute atomic E-state index is 12.3. The van der Waals surface area contributed by atoms with Gasteiger partial charge in [0.2, 0.25) is 5.43 Å². The summed E-state index contributed by atoms with van der Waals surface area (Å²) in [6.45, 7) is 5.91. The zero-order valence-corrected chi connectivity index (χ0v) is 16.6. The molecule has 0 atom stereocenters. The van der Waals surface area contributed by atoms with Crippen LogP contribution in [0, 0.1) is 20.8 Å². The Bertz CT molecular complexity index is 1110.